The van der Waals surface area contributed by atoms with E-state index in [9.17, 15) is 9.59 Å². The number of nitrogens with zero attached hydrogens (tertiary/aromatic N) is 3. The van der Waals surface area contributed by atoms with Gasteiger partial charge in [-0.2, -0.15) is 0 Å². The van der Waals surface area contributed by atoms with Crippen molar-refractivity contribution in [3.63, 3.8) is 0 Å². The molecule has 1 aromatic heterocycles. The predicted octanol–water partition coefficient (Wildman–Crippen LogP) is 5.02. The van der Waals surface area contributed by atoms with Gasteiger partial charge in [0.2, 0.25) is 5.91 Å². The van der Waals surface area contributed by atoms with E-state index >= 15 is 0 Å². The second kappa shape index (κ2) is 11.3. The van der Waals surface area contributed by atoms with Crippen LogP contribution in [-0.4, -0.2) is 32.3 Å². The average molecular weight is 486 g/mol. The van der Waals surface area contributed by atoms with Gasteiger partial charge in [0.1, 0.15) is 0 Å². The van der Waals surface area contributed by atoms with Gasteiger partial charge < -0.3 is 15.2 Å². The number of aryl methyl sites for hydroxylation is 1. The summed E-state index contributed by atoms with van der Waals surface area (Å²) in [5.74, 6) is 0.751. The number of amides is 2. The number of hydrogen-bond donors (Lipinski definition) is 2. The molecule has 0 fully saturated rings. The Morgan fingerprint density at radius 1 is 1.09 bits per heavy atom. The largest absolute Gasteiger partial charge is 0.342 e. The number of nitrogens with one attached hydrogen (secondary N) is 2. The summed E-state index contributed by atoms with van der Waals surface area (Å²) in [4.78, 5) is 25.2. The van der Waals surface area contributed by atoms with E-state index in [4.69, 9.17) is 11.6 Å². The fourth-order valence-corrected chi connectivity index (χ4v) is 4.24. The fraction of sp³-hybridized carbons (Fsp3) is 0.333. The van der Waals surface area contributed by atoms with Crippen LogP contribution in [0.15, 0.2) is 53.7 Å². The van der Waals surface area contributed by atoms with Gasteiger partial charge in [0.05, 0.1) is 22.4 Å². The van der Waals surface area contributed by atoms with Gasteiger partial charge in [0.25, 0.3) is 5.91 Å². The Hall–Kier alpha value is -2.84. The maximum Gasteiger partial charge on any atom is 0.253 e. The zero-order valence-corrected chi connectivity index (χ0v) is 20.7. The fourth-order valence-electron chi connectivity index (χ4n) is 3.30. The van der Waals surface area contributed by atoms with Gasteiger partial charge in [-0.15, -0.1) is 10.2 Å². The lowest BCUT2D eigenvalue weighted by molar-refractivity contribution is -0.113. The average Bonchev–Trinajstić information content (AvgIpc) is 3.13. The van der Waals surface area contributed by atoms with E-state index in [0.29, 0.717) is 33.9 Å². The first-order valence-corrected chi connectivity index (χ1v) is 12.0. The van der Waals surface area contributed by atoms with E-state index in [1.165, 1.54) is 11.8 Å². The molecule has 0 aliphatic heterocycles. The SMILES string of the molecule is Cc1ccc(NC(=O)CSc2nnc([C@@H](CC(C)C)NC(=O)c3ccccc3Cl)n2C)cc1. The molecule has 0 aliphatic carbocycles. The molecule has 0 saturated carbocycles. The van der Waals surface area contributed by atoms with Gasteiger partial charge >= 0.3 is 0 Å². The summed E-state index contributed by atoms with van der Waals surface area (Å²) in [5, 5.41) is 15.5. The Labute approximate surface area is 203 Å². The van der Waals surface area contributed by atoms with Gasteiger partial charge in [0, 0.05) is 12.7 Å². The molecule has 9 heteroatoms. The van der Waals surface area contributed by atoms with Crippen molar-refractivity contribution in [3.05, 3.63) is 70.5 Å². The third-order valence-electron chi connectivity index (χ3n) is 4.98. The van der Waals surface area contributed by atoms with Crippen molar-refractivity contribution in [3.8, 4) is 0 Å². The first kappa shape index (κ1) is 24.8. The molecule has 2 amide bonds. The van der Waals surface area contributed by atoms with Crippen molar-refractivity contribution >= 4 is 40.9 Å². The summed E-state index contributed by atoms with van der Waals surface area (Å²) in [7, 11) is 1.84. The number of aromatic nitrogens is 3. The van der Waals surface area contributed by atoms with Crippen LogP contribution in [0.25, 0.3) is 0 Å². The molecule has 7 nitrogen and oxygen atoms in total. The Bertz CT molecular complexity index is 1110. The van der Waals surface area contributed by atoms with Crippen molar-refractivity contribution < 1.29 is 9.59 Å². The van der Waals surface area contributed by atoms with Crippen molar-refractivity contribution in [2.75, 3.05) is 11.1 Å². The Morgan fingerprint density at radius 2 is 1.79 bits per heavy atom. The minimum Gasteiger partial charge on any atom is -0.342 e. The summed E-state index contributed by atoms with van der Waals surface area (Å²) in [6.07, 6.45) is 0.681. The highest BCUT2D eigenvalue weighted by Crippen LogP contribution is 2.25. The maximum atomic E-state index is 12.8. The first-order chi connectivity index (χ1) is 15.7. The molecule has 2 aromatic carbocycles. The molecule has 0 aliphatic rings. The van der Waals surface area contributed by atoms with Crippen molar-refractivity contribution in [1.29, 1.82) is 0 Å². The molecule has 2 N–H and O–H groups in total. The van der Waals surface area contributed by atoms with Gasteiger partial charge in [-0.25, -0.2) is 0 Å². The standard InChI is InChI=1S/C24H28ClN5O2S/c1-15(2)13-20(27-23(32)18-7-5-6-8-19(18)25)22-28-29-24(30(22)4)33-14-21(31)26-17-11-9-16(3)10-12-17/h5-12,15,20H,13-14H2,1-4H3,(H,26,31)(H,27,32)/t20-/m1/s1. The zero-order valence-electron chi connectivity index (χ0n) is 19.1. The molecule has 3 rings (SSSR count). The number of carbonyl (C=O) groups is 2. The Morgan fingerprint density at radius 3 is 2.45 bits per heavy atom. The van der Waals surface area contributed by atoms with Crippen molar-refractivity contribution in [1.82, 2.24) is 20.1 Å². The number of rotatable bonds is 9. The zero-order chi connectivity index (χ0) is 24.0. The Balaban J connectivity index is 1.68. The molecule has 0 spiro atoms. The molecule has 33 heavy (non-hydrogen) atoms. The topological polar surface area (TPSA) is 88.9 Å². The highest BCUT2D eigenvalue weighted by Gasteiger charge is 2.24. The summed E-state index contributed by atoms with van der Waals surface area (Å²) in [5.41, 5.74) is 2.30. The smallest absolute Gasteiger partial charge is 0.253 e. The van der Waals surface area contributed by atoms with Gasteiger partial charge in [-0.3, -0.25) is 9.59 Å². The second-order valence-corrected chi connectivity index (χ2v) is 9.59. The molecule has 1 atom stereocenters. The number of thioether (sulfide) groups is 1. The molecule has 174 valence electrons. The lowest BCUT2D eigenvalue weighted by atomic mass is 10.0. The molecular formula is C24H28ClN5O2S. The quantitative estimate of drug-likeness (QED) is 0.415. The number of benzene rings is 2. The third kappa shape index (κ3) is 6.82. The third-order valence-corrected chi connectivity index (χ3v) is 6.33. The molecule has 0 unspecified atom stereocenters. The Kier molecular flexibility index (Phi) is 8.52. The summed E-state index contributed by atoms with van der Waals surface area (Å²) in [6, 6.07) is 14.2. The summed E-state index contributed by atoms with van der Waals surface area (Å²) < 4.78 is 1.82. The molecule has 0 saturated heterocycles. The monoisotopic (exact) mass is 485 g/mol. The van der Waals surface area contributed by atoms with E-state index in [0.717, 1.165) is 11.3 Å². The van der Waals surface area contributed by atoms with E-state index in [1.54, 1.807) is 24.3 Å². The molecule has 1 heterocycles. The number of hydrogen-bond acceptors (Lipinski definition) is 5. The van der Waals surface area contributed by atoms with Crippen LogP contribution in [0.3, 0.4) is 0 Å². The first-order valence-electron chi connectivity index (χ1n) is 10.7. The summed E-state index contributed by atoms with van der Waals surface area (Å²) in [6.45, 7) is 6.16. The van der Waals surface area contributed by atoms with Crippen LogP contribution in [0.2, 0.25) is 5.02 Å². The lowest BCUT2D eigenvalue weighted by Crippen LogP contribution is -2.31. The minimum atomic E-state index is -0.345. The van der Waals surface area contributed by atoms with Crippen molar-refractivity contribution in [2.24, 2.45) is 13.0 Å². The highest BCUT2D eigenvalue weighted by atomic mass is 35.5. The van der Waals surface area contributed by atoms with Crippen LogP contribution in [0.4, 0.5) is 5.69 Å². The predicted molar refractivity (Wildman–Crippen MR) is 133 cm³/mol. The van der Waals surface area contributed by atoms with Gasteiger partial charge in [0.15, 0.2) is 11.0 Å². The van der Waals surface area contributed by atoms with Crippen LogP contribution in [0.5, 0.6) is 0 Å². The van der Waals surface area contributed by atoms with E-state index in [-0.39, 0.29) is 23.6 Å². The maximum absolute atomic E-state index is 12.8. The number of anilines is 1. The molecule has 3 aromatic rings. The second-order valence-electron chi connectivity index (χ2n) is 8.24. The highest BCUT2D eigenvalue weighted by molar-refractivity contribution is 7.99. The van der Waals surface area contributed by atoms with Gasteiger partial charge in [-0.05, 0) is 43.5 Å². The van der Waals surface area contributed by atoms with Crippen molar-refractivity contribution in [2.45, 2.75) is 38.4 Å². The van der Waals surface area contributed by atoms with E-state index in [1.807, 2.05) is 42.8 Å². The van der Waals surface area contributed by atoms with E-state index in [2.05, 4.69) is 34.7 Å². The molecular weight excluding hydrogens is 458 g/mol. The van der Waals surface area contributed by atoms with E-state index < -0.39 is 0 Å². The lowest BCUT2D eigenvalue weighted by Gasteiger charge is -2.20. The minimum absolute atomic E-state index is 0.126. The normalized spacial score (nSPS) is 11.9. The van der Waals surface area contributed by atoms with Crippen LogP contribution >= 0.6 is 23.4 Å². The number of halogens is 1. The van der Waals surface area contributed by atoms with Crippen LogP contribution in [-0.2, 0) is 11.8 Å². The van der Waals surface area contributed by atoms with Crippen LogP contribution < -0.4 is 10.6 Å². The summed E-state index contributed by atoms with van der Waals surface area (Å²) >= 11 is 7.49. The molecule has 0 bridgehead atoms. The van der Waals surface area contributed by atoms with Crippen LogP contribution in [0, 0.1) is 12.8 Å². The van der Waals surface area contributed by atoms with Crippen LogP contribution in [0.1, 0.15) is 48.1 Å². The number of carbonyl (C=O) groups excluding carboxylic acids is 2. The van der Waals surface area contributed by atoms with Gasteiger partial charge in [-0.1, -0.05) is 67.0 Å². The molecule has 0 radical (unpaired) electrons.